The van der Waals surface area contributed by atoms with E-state index in [4.69, 9.17) is 5.11 Å². The summed E-state index contributed by atoms with van der Waals surface area (Å²) in [7, 11) is 0. The van der Waals surface area contributed by atoms with Crippen molar-refractivity contribution in [3.8, 4) is 0 Å². The van der Waals surface area contributed by atoms with Crippen molar-refractivity contribution in [2.24, 2.45) is 0 Å². The number of aliphatic carboxylic acids is 2. The average Bonchev–Trinajstić information content (AvgIpc) is 2.55. The van der Waals surface area contributed by atoms with Gasteiger partial charge in [0, 0.05) is 5.25 Å². The van der Waals surface area contributed by atoms with Crippen molar-refractivity contribution in [1.82, 2.24) is 0 Å². The zero-order valence-corrected chi connectivity index (χ0v) is 14.5. The maximum Gasteiger partial charge on any atom is 0.316 e. The van der Waals surface area contributed by atoms with E-state index < -0.39 is 28.3 Å². The van der Waals surface area contributed by atoms with Crippen LogP contribution in [0, 0.1) is 12.7 Å². The van der Waals surface area contributed by atoms with E-state index >= 15 is 0 Å². The van der Waals surface area contributed by atoms with Gasteiger partial charge in [0.1, 0.15) is 11.1 Å². The third kappa shape index (κ3) is 5.90. The van der Waals surface area contributed by atoms with E-state index in [2.05, 4.69) is 0 Å². The molecule has 132 valence electrons. The molecule has 2 atom stereocenters. The molecule has 0 fully saturated rings. The number of hydrogen-bond acceptors (Lipinski definition) is 3. The first-order valence-corrected chi connectivity index (χ1v) is 8.70. The van der Waals surface area contributed by atoms with Crippen LogP contribution in [0.15, 0.2) is 48.5 Å². The van der Waals surface area contributed by atoms with Crippen LogP contribution >= 0.6 is 11.8 Å². The maximum absolute atomic E-state index is 13.1. The van der Waals surface area contributed by atoms with Gasteiger partial charge >= 0.3 is 11.9 Å². The Morgan fingerprint density at radius 1 is 1.04 bits per heavy atom. The van der Waals surface area contributed by atoms with Gasteiger partial charge in [0.2, 0.25) is 0 Å². The number of benzene rings is 2. The molecule has 2 N–H and O–H groups in total. The highest BCUT2D eigenvalue weighted by Crippen LogP contribution is 2.36. The van der Waals surface area contributed by atoms with Gasteiger partial charge in [-0.05, 0) is 36.6 Å². The minimum Gasteiger partial charge on any atom is -0.481 e. The topological polar surface area (TPSA) is 74.6 Å². The Bertz CT molecular complexity index is 728. The molecule has 0 aliphatic carbocycles. The molecule has 0 saturated carbocycles. The third-order valence-corrected chi connectivity index (χ3v) is 5.21. The van der Waals surface area contributed by atoms with Crippen LogP contribution in [0.2, 0.25) is 0 Å². The molecule has 0 aliphatic rings. The van der Waals surface area contributed by atoms with Gasteiger partial charge < -0.3 is 10.2 Å². The number of aryl methyl sites for hydroxylation is 1. The Balaban J connectivity index is 2.19. The van der Waals surface area contributed by atoms with Gasteiger partial charge in [0.15, 0.2) is 0 Å². The minimum absolute atomic E-state index is 0.228. The highest BCUT2D eigenvalue weighted by molar-refractivity contribution is 8.00. The molecule has 4 nitrogen and oxygen atoms in total. The van der Waals surface area contributed by atoms with Gasteiger partial charge in [0.25, 0.3) is 0 Å². The summed E-state index contributed by atoms with van der Waals surface area (Å²) in [5.41, 5.74) is 2.56. The van der Waals surface area contributed by atoms with E-state index in [1.807, 2.05) is 31.2 Å². The second-order valence-corrected chi connectivity index (χ2v) is 7.20. The smallest absolute Gasteiger partial charge is 0.316 e. The van der Waals surface area contributed by atoms with Crippen molar-refractivity contribution in [2.45, 2.75) is 30.3 Å². The molecule has 0 radical (unpaired) electrons. The molecule has 0 saturated heterocycles. The van der Waals surface area contributed by atoms with Crippen molar-refractivity contribution in [1.29, 1.82) is 0 Å². The normalized spacial score (nSPS) is 13.2. The number of carbonyl (C=O) groups is 2. The van der Waals surface area contributed by atoms with Gasteiger partial charge in [-0.25, -0.2) is 4.39 Å². The van der Waals surface area contributed by atoms with E-state index in [-0.39, 0.29) is 12.8 Å². The predicted molar refractivity (Wildman–Crippen MR) is 95.3 cm³/mol. The van der Waals surface area contributed by atoms with Crippen LogP contribution in [-0.2, 0) is 16.0 Å². The molecular weight excluding hydrogens is 343 g/mol. The first-order valence-electron chi connectivity index (χ1n) is 7.76. The lowest BCUT2D eigenvalue weighted by atomic mass is 10.1. The Labute approximate surface area is 149 Å². The lowest BCUT2D eigenvalue weighted by molar-refractivity contribution is -0.138. The van der Waals surface area contributed by atoms with Crippen molar-refractivity contribution < 1.29 is 24.2 Å². The Hall–Kier alpha value is -2.34. The lowest BCUT2D eigenvalue weighted by Gasteiger charge is -2.20. The number of carboxylic acids is 2. The van der Waals surface area contributed by atoms with Crippen LogP contribution in [0.25, 0.3) is 0 Å². The summed E-state index contributed by atoms with van der Waals surface area (Å²) in [6.45, 7) is 1.95. The summed E-state index contributed by atoms with van der Waals surface area (Å²) in [6, 6.07) is 13.1. The molecule has 6 heteroatoms. The molecule has 0 aromatic heterocycles. The summed E-state index contributed by atoms with van der Waals surface area (Å²) >= 11 is 1.08. The van der Waals surface area contributed by atoms with Crippen LogP contribution in [0.1, 0.15) is 28.4 Å². The monoisotopic (exact) mass is 362 g/mol. The number of halogens is 1. The molecule has 0 bridgehead atoms. The predicted octanol–water partition coefficient (Wildman–Crippen LogP) is 4.08. The first-order chi connectivity index (χ1) is 11.8. The van der Waals surface area contributed by atoms with E-state index in [9.17, 15) is 19.1 Å². The fraction of sp³-hybridized carbons (Fsp3) is 0.263. The van der Waals surface area contributed by atoms with Crippen molar-refractivity contribution in [3.63, 3.8) is 0 Å². The summed E-state index contributed by atoms with van der Waals surface area (Å²) in [5, 5.41) is 17.3. The number of thioether (sulfide) groups is 1. The standard InChI is InChI=1S/C19H19FO4S/c1-12-2-4-13(5-3-12)10-17(19(23)24)25-16(11-18(21)22)14-6-8-15(20)9-7-14/h2-9,16-17H,10-11H2,1H3,(H,21,22)(H,23,24)/t16-,17-/m1/s1. The van der Waals surface area contributed by atoms with Crippen molar-refractivity contribution in [2.75, 3.05) is 0 Å². The van der Waals surface area contributed by atoms with Gasteiger partial charge in [-0.15, -0.1) is 11.8 Å². The molecular formula is C19H19FO4S. The van der Waals surface area contributed by atoms with Gasteiger partial charge in [-0.2, -0.15) is 0 Å². The van der Waals surface area contributed by atoms with E-state index in [0.29, 0.717) is 5.56 Å². The Kier molecular flexibility index (Phi) is 6.58. The molecule has 0 aliphatic heterocycles. The molecule has 2 rings (SSSR count). The zero-order chi connectivity index (χ0) is 18.4. The van der Waals surface area contributed by atoms with Crippen LogP contribution in [0.4, 0.5) is 4.39 Å². The molecule has 0 unspecified atom stereocenters. The molecule has 0 amide bonds. The highest BCUT2D eigenvalue weighted by Gasteiger charge is 2.26. The van der Waals surface area contributed by atoms with Crippen LogP contribution in [0.3, 0.4) is 0 Å². The van der Waals surface area contributed by atoms with Gasteiger partial charge in [-0.3, -0.25) is 9.59 Å². The lowest BCUT2D eigenvalue weighted by Crippen LogP contribution is -2.21. The summed E-state index contributed by atoms with van der Waals surface area (Å²) in [5.74, 6) is -2.44. The SMILES string of the molecule is Cc1ccc(C[C@@H](S[C@H](CC(=O)O)c2ccc(F)cc2)C(=O)O)cc1. The van der Waals surface area contributed by atoms with Gasteiger partial charge in [0.05, 0.1) is 6.42 Å². The molecule has 2 aromatic rings. The van der Waals surface area contributed by atoms with Crippen LogP contribution in [-0.4, -0.2) is 27.4 Å². The second kappa shape index (κ2) is 8.67. The van der Waals surface area contributed by atoms with E-state index in [1.54, 1.807) is 0 Å². The Morgan fingerprint density at radius 3 is 2.16 bits per heavy atom. The number of hydrogen-bond donors (Lipinski definition) is 2. The molecule has 0 spiro atoms. The van der Waals surface area contributed by atoms with Gasteiger partial charge in [-0.1, -0.05) is 42.0 Å². The summed E-state index contributed by atoms with van der Waals surface area (Å²) in [6.07, 6.45) is 0.0611. The maximum atomic E-state index is 13.1. The molecule has 2 aromatic carbocycles. The average molecular weight is 362 g/mol. The highest BCUT2D eigenvalue weighted by atomic mass is 32.2. The minimum atomic E-state index is -1.03. The molecule has 0 heterocycles. The second-order valence-electron chi connectivity index (χ2n) is 5.79. The van der Waals surface area contributed by atoms with Crippen LogP contribution < -0.4 is 0 Å². The summed E-state index contributed by atoms with van der Waals surface area (Å²) < 4.78 is 13.1. The largest absolute Gasteiger partial charge is 0.481 e. The van der Waals surface area contributed by atoms with Crippen molar-refractivity contribution in [3.05, 3.63) is 71.0 Å². The quantitative estimate of drug-likeness (QED) is 0.740. The number of carboxylic acid groups (broad SMARTS) is 2. The summed E-state index contributed by atoms with van der Waals surface area (Å²) in [4.78, 5) is 22.8. The Morgan fingerprint density at radius 2 is 1.64 bits per heavy atom. The van der Waals surface area contributed by atoms with Crippen LogP contribution in [0.5, 0.6) is 0 Å². The fourth-order valence-electron chi connectivity index (χ4n) is 2.41. The zero-order valence-electron chi connectivity index (χ0n) is 13.7. The van der Waals surface area contributed by atoms with Crippen molar-refractivity contribution >= 4 is 23.7 Å². The third-order valence-electron chi connectivity index (χ3n) is 3.75. The first kappa shape index (κ1) is 19.0. The molecule has 25 heavy (non-hydrogen) atoms. The number of rotatable bonds is 8. The fourth-order valence-corrected chi connectivity index (χ4v) is 3.77. The van der Waals surface area contributed by atoms with E-state index in [1.165, 1.54) is 24.3 Å². The van der Waals surface area contributed by atoms with E-state index in [0.717, 1.165) is 22.9 Å².